The number of aromatic nitrogens is 6. The van der Waals surface area contributed by atoms with Crippen molar-refractivity contribution in [3.63, 3.8) is 0 Å². The van der Waals surface area contributed by atoms with Crippen LogP contribution in [0.15, 0.2) is 65.6 Å². The van der Waals surface area contributed by atoms with Gasteiger partial charge in [-0.2, -0.15) is 26.3 Å². The minimum atomic E-state index is -5.04. The van der Waals surface area contributed by atoms with Crippen LogP contribution < -0.4 is 5.32 Å². The second kappa shape index (κ2) is 16.8. The van der Waals surface area contributed by atoms with Crippen molar-refractivity contribution in [1.29, 1.82) is 0 Å². The number of amides is 1. The van der Waals surface area contributed by atoms with E-state index in [2.05, 4.69) is 34.6 Å². The average Bonchev–Trinajstić information content (AvgIpc) is 3.65. The van der Waals surface area contributed by atoms with Crippen molar-refractivity contribution in [2.45, 2.75) is 74.5 Å². The molecule has 0 radical (unpaired) electrons. The Kier molecular flexibility index (Phi) is 12.5. The van der Waals surface area contributed by atoms with E-state index in [1.807, 2.05) is 24.3 Å². The Morgan fingerprint density at radius 3 is 1.58 bits per heavy atom. The molecular formula is C37H29Cl4F6N7O3. The molecule has 0 spiro atoms. The van der Waals surface area contributed by atoms with Gasteiger partial charge in [0.1, 0.15) is 11.6 Å². The van der Waals surface area contributed by atoms with Crippen molar-refractivity contribution in [3.05, 3.63) is 116 Å². The molecule has 1 N–H and O–H groups in total. The van der Waals surface area contributed by atoms with Gasteiger partial charge in [0, 0.05) is 48.5 Å². The summed E-state index contributed by atoms with van der Waals surface area (Å²) in [5.74, 6) is -3.54. The number of ketones is 1. The highest BCUT2D eigenvalue weighted by Crippen LogP contribution is 2.50. The summed E-state index contributed by atoms with van der Waals surface area (Å²) in [5.41, 5.74) is 1.68. The van der Waals surface area contributed by atoms with Gasteiger partial charge in [-0.15, -0.1) is 10.2 Å². The number of nitrogens with one attached hydrogen (secondary N) is 1. The van der Waals surface area contributed by atoms with E-state index >= 15 is 0 Å². The fourth-order valence-corrected chi connectivity index (χ4v) is 7.69. The van der Waals surface area contributed by atoms with Crippen LogP contribution in [-0.2, 0) is 34.6 Å². The van der Waals surface area contributed by atoms with Crippen molar-refractivity contribution < 1.29 is 40.3 Å². The lowest BCUT2D eigenvalue weighted by Crippen LogP contribution is -2.39. The Morgan fingerprint density at radius 2 is 1.18 bits per heavy atom. The van der Waals surface area contributed by atoms with E-state index in [4.69, 9.17) is 46.4 Å². The summed E-state index contributed by atoms with van der Waals surface area (Å²) in [6.45, 7) is -0.789. The largest absolute Gasteiger partial charge is 0.471 e. The molecule has 2 fully saturated rings. The Morgan fingerprint density at radius 1 is 0.702 bits per heavy atom. The van der Waals surface area contributed by atoms with Crippen LogP contribution in [0.4, 0.5) is 26.3 Å². The van der Waals surface area contributed by atoms with Crippen molar-refractivity contribution in [1.82, 2.24) is 35.5 Å². The third-order valence-corrected chi connectivity index (χ3v) is 11.6. The second-order valence-electron chi connectivity index (χ2n) is 13.6. The number of hydrogen-bond acceptors (Lipinski definition) is 9. The summed E-state index contributed by atoms with van der Waals surface area (Å²) in [6.07, 6.45) is 2.27. The fourth-order valence-electron chi connectivity index (χ4n) is 6.69. The van der Waals surface area contributed by atoms with Crippen molar-refractivity contribution in [2.75, 3.05) is 6.54 Å². The summed E-state index contributed by atoms with van der Waals surface area (Å²) in [6, 6.07) is 11.0. The summed E-state index contributed by atoms with van der Waals surface area (Å²) >= 11 is 25.1. The Bertz CT molecular complexity index is 2250. The molecule has 1 amide bonds. The molecule has 57 heavy (non-hydrogen) atoms. The molecule has 3 aromatic heterocycles. The molecule has 0 bridgehead atoms. The molecule has 0 atom stereocenters. The number of alkyl halides is 6. The van der Waals surface area contributed by atoms with Gasteiger partial charge in [-0.1, -0.05) is 83.5 Å². The van der Waals surface area contributed by atoms with Gasteiger partial charge in [0.05, 0.1) is 37.8 Å². The zero-order valence-electron chi connectivity index (χ0n) is 29.3. The lowest BCUT2D eigenvalue weighted by Gasteiger charge is -2.42. The highest BCUT2D eigenvalue weighted by molar-refractivity contribution is 6.43. The van der Waals surface area contributed by atoms with E-state index in [9.17, 15) is 35.9 Å². The molecule has 300 valence electrons. The minimum absolute atomic E-state index is 0.0136. The second-order valence-corrected chi connectivity index (χ2v) is 15.2. The van der Waals surface area contributed by atoms with Gasteiger partial charge >= 0.3 is 24.2 Å². The van der Waals surface area contributed by atoms with Crippen LogP contribution in [0.25, 0.3) is 11.5 Å². The van der Waals surface area contributed by atoms with Crippen molar-refractivity contribution in [3.8, 4) is 11.5 Å². The summed E-state index contributed by atoms with van der Waals surface area (Å²) in [7, 11) is 0. The summed E-state index contributed by atoms with van der Waals surface area (Å²) in [4.78, 5) is 39.7. The van der Waals surface area contributed by atoms with Crippen LogP contribution in [-0.4, -0.2) is 54.5 Å². The summed E-state index contributed by atoms with van der Waals surface area (Å²) in [5, 5.41) is 9.94. The first kappa shape index (κ1) is 42.2. The van der Waals surface area contributed by atoms with Gasteiger partial charge in [-0.05, 0) is 48.9 Å². The predicted octanol–water partition coefficient (Wildman–Crippen LogP) is 9.83. The molecule has 2 aliphatic rings. The van der Waals surface area contributed by atoms with Crippen LogP contribution in [0, 0.1) is 0 Å². The predicted molar refractivity (Wildman–Crippen MR) is 197 cm³/mol. The van der Waals surface area contributed by atoms with E-state index in [0.29, 0.717) is 44.6 Å². The normalized spacial score (nSPS) is 15.8. The Labute approximate surface area is 340 Å². The van der Waals surface area contributed by atoms with E-state index in [1.165, 1.54) is 30.1 Å². The zero-order chi connectivity index (χ0) is 41.2. The number of carbonyl (C=O) groups is 2. The lowest BCUT2D eigenvalue weighted by molar-refractivity contribution is -0.173. The molecule has 3 heterocycles. The number of hydrogen-bond donors (Lipinski definition) is 1. The minimum Gasteiger partial charge on any atom is -0.413 e. The van der Waals surface area contributed by atoms with Gasteiger partial charge in [0.15, 0.2) is 5.78 Å². The van der Waals surface area contributed by atoms with Crippen molar-refractivity contribution in [2.24, 2.45) is 0 Å². The van der Waals surface area contributed by atoms with Gasteiger partial charge in [0.2, 0.25) is 0 Å². The molecule has 20 heteroatoms. The first-order chi connectivity index (χ1) is 26.9. The van der Waals surface area contributed by atoms with Gasteiger partial charge in [0.25, 0.3) is 5.89 Å². The van der Waals surface area contributed by atoms with Crippen LogP contribution in [0.5, 0.6) is 0 Å². The number of nitrogens with zero attached hydrogens (tertiary/aromatic N) is 6. The molecule has 0 aliphatic heterocycles. The zero-order valence-corrected chi connectivity index (χ0v) is 32.3. The Balaban J connectivity index is 0.000000193. The average molecular weight is 875 g/mol. The SMILES string of the molecule is FC(F)(F)c1nnc(-c2cnc(CC3(c4cccc(Cl)c4Cl)CCC3)nc2)o1.O=C(CNC(=O)C(F)(F)F)c1cnc(CC2(c3cccc(Cl)c3Cl)CCC2)nc1. The van der Waals surface area contributed by atoms with Gasteiger partial charge in [-0.3, -0.25) is 9.59 Å². The molecule has 0 unspecified atom stereocenters. The smallest absolute Gasteiger partial charge is 0.413 e. The van der Waals surface area contributed by atoms with E-state index in [0.717, 1.165) is 49.7 Å². The topological polar surface area (TPSA) is 137 Å². The van der Waals surface area contributed by atoms with Crippen LogP contribution in [0.3, 0.4) is 0 Å². The molecular weight excluding hydrogens is 846 g/mol. The molecule has 5 aromatic rings. The van der Waals surface area contributed by atoms with Crippen molar-refractivity contribution >= 4 is 58.1 Å². The van der Waals surface area contributed by atoms with Gasteiger partial charge < -0.3 is 9.73 Å². The molecule has 10 nitrogen and oxygen atoms in total. The van der Waals surface area contributed by atoms with E-state index in [-0.39, 0.29) is 27.8 Å². The number of Topliss-reactive ketones (excluding diaryl/α,β-unsaturated/α-hetero) is 1. The first-order valence-corrected chi connectivity index (χ1v) is 18.7. The van der Waals surface area contributed by atoms with E-state index < -0.39 is 36.5 Å². The molecule has 2 saturated carbocycles. The number of halogens is 10. The van der Waals surface area contributed by atoms with Crippen LogP contribution >= 0.6 is 46.4 Å². The molecule has 0 saturated heterocycles. The van der Waals surface area contributed by atoms with E-state index in [1.54, 1.807) is 12.1 Å². The van der Waals surface area contributed by atoms with Gasteiger partial charge in [-0.25, -0.2) is 19.9 Å². The number of carbonyl (C=O) groups excluding carboxylic acids is 2. The van der Waals surface area contributed by atoms with Crippen LogP contribution in [0.1, 0.15) is 77.5 Å². The monoisotopic (exact) mass is 873 g/mol. The molecule has 2 aliphatic carbocycles. The summed E-state index contributed by atoms with van der Waals surface area (Å²) < 4.78 is 78.9. The highest BCUT2D eigenvalue weighted by atomic mass is 35.5. The standard InChI is InChI=1S/C19H16Cl2F3N3O2.C18H13Cl2F3N4O/c20-13-4-1-3-12(16(13)21)18(5-2-6-18)7-15-25-8-11(9-26-15)14(28)10-27-17(29)19(22,23)24;19-12-4-1-3-11(14(12)20)17(5-2-6-17)7-13-24-8-10(9-25-13)15-26-27-16(28-15)18(21,22)23/h1,3-4,8-9H,2,5-7,10H2,(H,27,29);1,3-4,8-9H,2,5-7H2. The maximum absolute atomic E-state index is 12.6. The maximum atomic E-state index is 12.6. The highest BCUT2D eigenvalue weighted by Gasteiger charge is 2.43. The lowest BCUT2D eigenvalue weighted by atomic mass is 9.62. The quantitative estimate of drug-likeness (QED) is 0.107. The number of rotatable bonds is 10. The first-order valence-electron chi connectivity index (χ1n) is 17.2. The fraction of sp³-hybridized carbons (Fsp3) is 0.351. The van der Waals surface area contributed by atoms with Crippen LogP contribution in [0.2, 0.25) is 20.1 Å². The third kappa shape index (κ3) is 9.51. The number of benzene rings is 2. The molecule has 7 rings (SSSR count). The third-order valence-electron chi connectivity index (χ3n) is 9.97. The Hall–Kier alpha value is -4.38. The maximum Gasteiger partial charge on any atom is 0.471 e. The molecule has 2 aromatic carbocycles.